The number of phenols is 1. The Kier molecular flexibility index (Phi) is 5.25. The molecule has 1 fully saturated rings. The highest BCUT2D eigenvalue weighted by atomic mass is 16.5. The number of rotatable bonds is 4. The molecule has 1 saturated heterocycles. The third kappa shape index (κ3) is 3.69. The van der Waals surface area contributed by atoms with Gasteiger partial charge in [-0.2, -0.15) is 0 Å². The first kappa shape index (κ1) is 16.1. The minimum atomic E-state index is -0.724. The van der Waals surface area contributed by atoms with Crippen LogP contribution in [0, 0.1) is 0 Å². The van der Waals surface area contributed by atoms with E-state index in [9.17, 15) is 14.7 Å². The molecule has 6 heteroatoms. The molecule has 0 unspecified atom stereocenters. The number of amides is 1. The fraction of sp³-hybridized carbons (Fsp3) is 0.500. The van der Waals surface area contributed by atoms with E-state index >= 15 is 0 Å². The van der Waals surface area contributed by atoms with Crippen LogP contribution >= 0.6 is 0 Å². The van der Waals surface area contributed by atoms with Crippen molar-refractivity contribution in [2.75, 3.05) is 20.3 Å². The number of methoxy groups -OCH3 is 1. The van der Waals surface area contributed by atoms with Crippen LogP contribution in [-0.2, 0) is 9.53 Å². The summed E-state index contributed by atoms with van der Waals surface area (Å²) in [6.45, 7) is 2.38. The molecule has 1 amide bonds. The summed E-state index contributed by atoms with van der Waals surface area (Å²) in [6.07, 6.45) is 3.06. The number of hydrogen-bond donors (Lipinski definition) is 1. The molecule has 120 valence electrons. The van der Waals surface area contributed by atoms with Crippen molar-refractivity contribution < 1.29 is 24.2 Å². The van der Waals surface area contributed by atoms with Gasteiger partial charge in [0.15, 0.2) is 6.61 Å². The van der Waals surface area contributed by atoms with Crippen molar-refractivity contribution in [1.29, 1.82) is 0 Å². The lowest BCUT2D eigenvalue weighted by molar-refractivity contribution is -0.137. The molecule has 0 aromatic heterocycles. The highest BCUT2D eigenvalue weighted by Gasteiger charge is 2.24. The lowest BCUT2D eigenvalue weighted by Crippen LogP contribution is -2.44. The first-order valence-electron chi connectivity index (χ1n) is 7.36. The number of carbonyl (C=O) groups excluding carboxylic acids is 2. The van der Waals surface area contributed by atoms with Gasteiger partial charge >= 0.3 is 5.97 Å². The van der Waals surface area contributed by atoms with Crippen molar-refractivity contribution in [2.24, 2.45) is 0 Å². The Morgan fingerprint density at radius 2 is 2.14 bits per heavy atom. The Morgan fingerprint density at radius 1 is 1.36 bits per heavy atom. The highest BCUT2D eigenvalue weighted by Crippen LogP contribution is 2.24. The number of ether oxygens (including phenoxy) is 2. The van der Waals surface area contributed by atoms with Gasteiger partial charge in [-0.05, 0) is 38.3 Å². The molecule has 0 spiro atoms. The maximum absolute atomic E-state index is 12.1. The number of esters is 1. The van der Waals surface area contributed by atoms with Gasteiger partial charge in [-0.25, -0.2) is 4.79 Å². The zero-order valence-electron chi connectivity index (χ0n) is 12.9. The molecule has 0 aliphatic carbocycles. The molecule has 0 bridgehead atoms. The van der Waals surface area contributed by atoms with Crippen molar-refractivity contribution in [2.45, 2.75) is 32.2 Å². The van der Waals surface area contributed by atoms with Crippen LogP contribution < -0.4 is 4.74 Å². The first-order chi connectivity index (χ1) is 10.5. The molecule has 1 aliphatic rings. The summed E-state index contributed by atoms with van der Waals surface area (Å²) >= 11 is 0. The molecule has 0 radical (unpaired) electrons. The van der Waals surface area contributed by atoms with Gasteiger partial charge < -0.3 is 19.5 Å². The van der Waals surface area contributed by atoms with E-state index < -0.39 is 5.97 Å². The number of hydrogen-bond acceptors (Lipinski definition) is 5. The van der Waals surface area contributed by atoms with E-state index in [1.54, 1.807) is 11.0 Å². The fourth-order valence-corrected chi connectivity index (χ4v) is 2.57. The number of phenolic OH excluding ortho intramolecular Hbond substituents is 1. The summed E-state index contributed by atoms with van der Waals surface area (Å²) in [6, 6.07) is 4.45. The standard InChI is InChI=1S/C16H21NO5/c1-11-5-3-4-8-17(11)15(19)10-22-16(20)13-7-6-12(21-2)9-14(13)18/h6-7,9,11,18H,3-5,8,10H2,1-2H3/t11-/m1/s1. The summed E-state index contributed by atoms with van der Waals surface area (Å²) in [5, 5.41) is 9.77. The van der Waals surface area contributed by atoms with Gasteiger partial charge in [0.2, 0.25) is 0 Å². The second-order valence-corrected chi connectivity index (χ2v) is 5.39. The number of nitrogens with zero attached hydrogens (tertiary/aromatic N) is 1. The largest absolute Gasteiger partial charge is 0.507 e. The second kappa shape index (κ2) is 7.15. The van der Waals surface area contributed by atoms with Gasteiger partial charge in [-0.1, -0.05) is 0 Å². The average Bonchev–Trinajstić information content (AvgIpc) is 2.52. The van der Waals surface area contributed by atoms with Crippen molar-refractivity contribution in [1.82, 2.24) is 4.90 Å². The zero-order chi connectivity index (χ0) is 16.1. The van der Waals surface area contributed by atoms with E-state index in [0.29, 0.717) is 12.3 Å². The smallest absolute Gasteiger partial charge is 0.342 e. The minimum absolute atomic E-state index is 0.0142. The van der Waals surface area contributed by atoms with Crippen LogP contribution in [0.3, 0.4) is 0 Å². The maximum Gasteiger partial charge on any atom is 0.342 e. The Bertz CT molecular complexity index is 557. The van der Waals surface area contributed by atoms with Crippen LogP contribution in [0.4, 0.5) is 0 Å². The van der Waals surface area contributed by atoms with E-state index in [1.807, 2.05) is 6.92 Å². The lowest BCUT2D eigenvalue weighted by Gasteiger charge is -2.33. The molecule has 1 aromatic rings. The van der Waals surface area contributed by atoms with Crippen molar-refractivity contribution in [3.05, 3.63) is 23.8 Å². The van der Waals surface area contributed by atoms with Gasteiger partial charge in [0.05, 0.1) is 7.11 Å². The Balaban J connectivity index is 1.93. The Labute approximate surface area is 129 Å². The quantitative estimate of drug-likeness (QED) is 0.861. The SMILES string of the molecule is COc1ccc(C(=O)OCC(=O)N2CCCC[C@H]2C)c(O)c1. The molecule has 1 N–H and O–H groups in total. The van der Waals surface area contributed by atoms with E-state index in [2.05, 4.69) is 0 Å². The molecular formula is C16H21NO5. The zero-order valence-corrected chi connectivity index (χ0v) is 12.9. The Morgan fingerprint density at radius 3 is 2.77 bits per heavy atom. The number of benzene rings is 1. The molecule has 22 heavy (non-hydrogen) atoms. The highest BCUT2D eigenvalue weighted by molar-refractivity contribution is 5.94. The molecular weight excluding hydrogens is 286 g/mol. The molecule has 1 aliphatic heterocycles. The van der Waals surface area contributed by atoms with E-state index in [4.69, 9.17) is 9.47 Å². The van der Waals surface area contributed by atoms with Crippen LogP contribution in [-0.4, -0.2) is 48.2 Å². The van der Waals surface area contributed by atoms with E-state index in [1.165, 1.54) is 19.2 Å². The first-order valence-corrected chi connectivity index (χ1v) is 7.36. The van der Waals surface area contributed by atoms with Crippen LogP contribution in [0.15, 0.2) is 18.2 Å². The predicted octanol–water partition coefficient (Wildman–Crippen LogP) is 1.96. The normalized spacial score (nSPS) is 17.9. The van der Waals surface area contributed by atoms with Crippen LogP contribution in [0.25, 0.3) is 0 Å². The molecule has 2 rings (SSSR count). The molecule has 6 nitrogen and oxygen atoms in total. The third-order valence-electron chi connectivity index (χ3n) is 3.87. The minimum Gasteiger partial charge on any atom is -0.507 e. The fourth-order valence-electron chi connectivity index (χ4n) is 2.57. The van der Waals surface area contributed by atoms with Gasteiger partial charge in [-0.3, -0.25) is 4.79 Å². The van der Waals surface area contributed by atoms with Gasteiger partial charge in [0, 0.05) is 18.7 Å². The average molecular weight is 307 g/mol. The molecule has 1 aromatic carbocycles. The second-order valence-electron chi connectivity index (χ2n) is 5.39. The monoisotopic (exact) mass is 307 g/mol. The number of aromatic hydroxyl groups is 1. The topological polar surface area (TPSA) is 76.1 Å². The van der Waals surface area contributed by atoms with E-state index in [0.717, 1.165) is 19.3 Å². The third-order valence-corrected chi connectivity index (χ3v) is 3.87. The number of piperidine rings is 1. The lowest BCUT2D eigenvalue weighted by atomic mass is 10.0. The summed E-state index contributed by atoms with van der Waals surface area (Å²) in [5.41, 5.74) is 0.0142. The van der Waals surface area contributed by atoms with Gasteiger partial charge in [0.25, 0.3) is 5.91 Å². The van der Waals surface area contributed by atoms with Crippen molar-refractivity contribution >= 4 is 11.9 Å². The van der Waals surface area contributed by atoms with Crippen LogP contribution in [0.2, 0.25) is 0 Å². The van der Waals surface area contributed by atoms with Crippen molar-refractivity contribution in [3.8, 4) is 11.5 Å². The number of carbonyl (C=O) groups is 2. The van der Waals surface area contributed by atoms with E-state index in [-0.39, 0.29) is 29.9 Å². The van der Waals surface area contributed by atoms with Crippen molar-refractivity contribution in [3.63, 3.8) is 0 Å². The Hall–Kier alpha value is -2.24. The summed E-state index contributed by atoms with van der Waals surface area (Å²) < 4.78 is 9.96. The van der Waals surface area contributed by atoms with Gasteiger partial charge in [0.1, 0.15) is 17.1 Å². The molecule has 1 heterocycles. The van der Waals surface area contributed by atoms with Crippen LogP contribution in [0.1, 0.15) is 36.5 Å². The number of likely N-dealkylation sites (tertiary alicyclic amines) is 1. The van der Waals surface area contributed by atoms with Crippen LogP contribution in [0.5, 0.6) is 11.5 Å². The predicted molar refractivity (Wildman–Crippen MR) is 80.0 cm³/mol. The molecule has 1 atom stereocenters. The molecule has 0 saturated carbocycles. The summed E-state index contributed by atoms with van der Waals surface area (Å²) in [4.78, 5) is 25.8. The van der Waals surface area contributed by atoms with Gasteiger partial charge in [-0.15, -0.1) is 0 Å². The summed E-state index contributed by atoms with van der Waals surface area (Å²) in [5.74, 6) is -0.720. The maximum atomic E-state index is 12.1. The summed E-state index contributed by atoms with van der Waals surface area (Å²) in [7, 11) is 1.46.